The Morgan fingerprint density at radius 1 is 1.19 bits per heavy atom. The molecule has 2 N–H and O–H groups in total. The third kappa shape index (κ3) is 7.85. The summed E-state index contributed by atoms with van der Waals surface area (Å²) in [5, 5.41) is 12.9. The Morgan fingerprint density at radius 2 is 1.90 bits per heavy atom. The van der Waals surface area contributed by atoms with Crippen LogP contribution in [0.3, 0.4) is 0 Å². The van der Waals surface area contributed by atoms with Gasteiger partial charge in [-0.05, 0) is 62.6 Å². The molecule has 0 radical (unpaired) electrons. The number of hydrogen-bond acceptors (Lipinski definition) is 6. The Morgan fingerprint density at radius 3 is 2.58 bits per heavy atom. The van der Waals surface area contributed by atoms with E-state index in [4.69, 9.17) is 4.74 Å². The quantitative estimate of drug-likeness (QED) is 0.588. The van der Waals surface area contributed by atoms with E-state index in [-0.39, 0.29) is 11.9 Å². The number of carboxylic acid groups (broad SMARTS) is 1. The fraction of sp³-hybridized carbons (Fsp3) is 0.609. The first-order valence-corrected chi connectivity index (χ1v) is 12.1. The summed E-state index contributed by atoms with van der Waals surface area (Å²) in [4.78, 5) is 38.7. The standard InChI is InChI=1S/C23H34N2O5S/c1-17(24-13-12-19(23(29)30-2)18-9-4-3-5-10-18)21(26)25-14-6-7-15-31-16-8-11-20(25)22(27)28/h3-5,9-10,17,19-20,24H,6-8,11-16H2,1-2H3,(H,27,28)/t17-,19?,20?/m0/s1. The molecule has 172 valence electrons. The Kier molecular flexibility index (Phi) is 10.9. The zero-order chi connectivity index (χ0) is 22.6. The van der Waals surface area contributed by atoms with Crippen molar-refractivity contribution in [2.45, 2.75) is 57.0 Å². The van der Waals surface area contributed by atoms with Gasteiger partial charge in [-0.15, -0.1) is 0 Å². The van der Waals surface area contributed by atoms with Gasteiger partial charge in [-0.3, -0.25) is 9.59 Å². The normalized spacial score (nSPS) is 19.8. The summed E-state index contributed by atoms with van der Waals surface area (Å²) in [7, 11) is 1.37. The molecule has 1 aliphatic heterocycles. The van der Waals surface area contributed by atoms with Gasteiger partial charge in [-0.25, -0.2) is 4.79 Å². The van der Waals surface area contributed by atoms with E-state index in [0.29, 0.717) is 25.9 Å². The van der Waals surface area contributed by atoms with E-state index in [0.717, 1.165) is 36.3 Å². The molecular formula is C23H34N2O5S. The van der Waals surface area contributed by atoms with Crippen LogP contribution in [-0.2, 0) is 19.1 Å². The number of ether oxygens (including phenoxy) is 1. The molecule has 2 unspecified atom stereocenters. The van der Waals surface area contributed by atoms with Crippen molar-refractivity contribution in [3.63, 3.8) is 0 Å². The third-order valence-electron chi connectivity index (χ3n) is 5.59. The maximum atomic E-state index is 13.1. The monoisotopic (exact) mass is 450 g/mol. The van der Waals surface area contributed by atoms with Crippen molar-refractivity contribution < 1.29 is 24.2 Å². The van der Waals surface area contributed by atoms with Crippen molar-refractivity contribution >= 4 is 29.6 Å². The van der Waals surface area contributed by atoms with Crippen LogP contribution in [-0.4, -0.2) is 71.6 Å². The second-order valence-electron chi connectivity index (χ2n) is 7.80. The van der Waals surface area contributed by atoms with E-state index < -0.39 is 24.0 Å². The highest BCUT2D eigenvalue weighted by Gasteiger charge is 2.32. The van der Waals surface area contributed by atoms with Crippen LogP contribution in [0.1, 0.15) is 50.5 Å². The van der Waals surface area contributed by atoms with E-state index in [9.17, 15) is 19.5 Å². The molecular weight excluding hydrogens is 416 g/mol. The number of rotatable bonds is 8. The van der Waals surface area contributed by atoms with Crippen LogP contribution in [0.2, 0.25) is 0 Å². The van der Waals surface area contributed by atoms with E-state index in [1.54, 1.807) is 6.92 Å². The van der Waals surface area contributed by atoms with Gasteiger partial charge in [-0.1, -0.05) is 30.3 Å². The number of hydrogen-bond donors (Lipinski definition) is 2. The number of aliphatic carboxylic acids is 1. The summed E-state index contributed by atoms with van der Waals surface area (Å²) in [5.41, 5.74) is 0.870. The van der Waals surface area contributed by atoms with Crippen LogP contribution in [0.4, 0.5) is 0 Å². The number of benzene rings is 1. The molecule has 0 bridgehead atoms. The summed E-state index contributed by atoms with van der Waals surface area (Å²) in [6.45, 7) is 2.65. The van der Waals surface area contributed by atoms with Gasteiger partial charge in [0.15, 0.2) is 0 Å². The molecule has 1 heterocycles. The van der Waals surface area contributed by atoms with Crippen LogP contribution in [0.15, 0.2) is 30.3 Å². The minimum atomic E-state index is -0.944. The number of methoxy groups -OCH3 is 1. The SMILES string of the molecule is COC(=O)C(CCN[C@@H](C)C(=O)N1CCCCSCCCC1C(=O)O)c1ccccc1. The summed E-state index contributed by atoms with van der Waals surface area (Å²) in [6, 6.07) is 8.09. The Hall–Kier alpha value is -2.06. The van der Waals surface area contributed by atoms with Crippen molar-refractivity contribution in [3.8, 4) is 0 Å². The predicted octanol–water partition coefficient (Wildman–Crippen LogP) is 2.90. The highest BCUT2D eigenvalue weighted by molar-refractivity contribution is 7.99. The lowest BCUT2D eigenvalue weighted by molar-refractivity contribution is -0.151. The predicted molar refractivity (Wildman–Crippen MR) is 122 cm³/mol. The van der Waals surface area contributed by atoms with Crippen molar-refractivity contribution in [1.29, 1.82) is 0 Å². The topological polar surface area (TPSA) is 95.9 Å². The number of nitrogens with one attached hydrogen (secondary N) is 1. The Bertz CT molecular complexity index is 715. The molecule has 8 heteroatoms. The molecule has 31 heavy (non-hydrogen) atoms. The fourth-order valence-corrected chi connectivity index (χ4v) is 4.81. The highest BCUT2D eigenvalue weighted by Crippen LogP contribution is 2.21. The molecule has 3 atom stereocenters. The molecule has 0 aromatic heterocycles. The molecule has 7 nitrogen and oxygen atoms in total. The zero-order valence-electron chi connectivity index (χ0n) is 18.4. The molecule has 1 aliphatic rings. The van der Waals surface area contributed by atoms with Gasteiger partial charge in [0.05, 0.1) is 19.1 Å². The number of carboxylic acids is 1. The average molecular weight is 451 g/mol. The van der Waals surface area contributed by atoms with Gasteiger partial charge in [0.25, 0.3) is 0 Å². The second-order valence-corrected chi connectivity index (χ2v) is 9.02. The lowest BCUT2D eigenvalue weighted by Crippen LogP contribution is -2.52. The van der Waals surface area contributed by atoms with Crippen LogP contribution in [0, 0.1) is 0 Å². The second kappa shape index (κ2) is 13.4. The molecule has 1 fully saturated rings. The molecule has 1 amide bonds. The Labute approximate surface area is 188 Å². The smallest absolute Gasteiger partial charge is 0.326 e. The van der Waals surface area contributed by atoms with E-state index in [1.165, 1.54) is 12.0 Å². The largest absolute Gasteiger partial charge is 0.480 e. The number of esters is 1. The highest BCUT2D eigenvalue weighted by atomic mass is 32.2. The molecule has 1 aromatic carbocycles. The van der Waals surface area contributed by atoms with Crippen LogP contribution < -0.4 is 5.32 Å². The van der Waals surface area contributed by atoms with Crippen molar-refractivity contribution in [2.75, 3.05) is 31.7 Å². The number of thioether (sulfide) groups is 1. The minimum Gasteiger partial charge on any atom is -0.480 e. The summed E-state index contributed by atoms with van der Waals surface area (Å²) >= 11 is 1.85. The summed E-state index contributed by atoms with van der Waals surface area (Å²) in [5.74, 6) is 0.0951. The number of nitrogens with zero attached hydrogens (tertiary/aromatic N) is 1. The first kappa shape index (κ1) is 25.2. The van der Waals surface area contributed by atoms with Gasteiger partial charge >= 0.3 is 11.9 Å². The lowest BCUT2D eigenvalue weighted by Gasteiger charge is -2.32. The number of carbonyl (C=O) groups is 3. The van der Waals surface area contributed by atoms with Crippen LogP contribution in [0.25, 0.3) is 0 Å². The van der Waals surface area contributed by atoms with Crippen LogP contribution in [0.5, 0.6) is 0 Å². The maximum Gasteiger partial charge on any atom is 0.326 e. The fourth-order valence-electron chi connectivity index (χ4n) is 3.83. The molecule has 2 rings (SSSR count). The molecule has 1 aromatic rings. The van der Waals surface area contributed by atoms with Gasteiger partial charge in [0.1, 0.15) is 6.04 Å². The van der Waals surface area contributed by atoms with E-state index >= 15 is 0 Å². The number of carbonyl (C=O) groups excluding carboxylic acids is 2. The molecule has 0 aliphatic carbocycles. The van der Waals surface area contributed by atoms with Gasteiger partial charge in [0, 0.05) is 6.54 Å². The zero-order valence-corrected chi connectivity index (χ0v) is 19.2. The van der Waals surface area contributed by atoms with Crippen molar-refractivity contribution in [2.24, 2.45) is 0 Å². The minimum absolute atomic E-state index is 0.199. The average Bonchev–Trinajstić information content (AvgIpc) is 2.79. The van der Waals surface area contributed by atoms with Gasteiger partial charge in [-0.2, -0.15) is 11.8 Å². The first-order chi connectivity index (χ1) is 15.0. The maximum absolute atomic E-state index is 13.1. The summed E-state index contributed by atoms with van der Waals surface area (Å²) in [6.07, 6.45) is 3.51. The van der Waals surface area contributed by atoms with Crippen molar-refractivity contribution in [3.05, 3.63) is 35.9 Å². The Balaban J connectivity index is 1.99. The summed E-state index contributed by atoms with van der Waals surface area (Å²) < 4.78 is 4.95. The lowest BCUT2D eigenvalue weighted by atomic mass is 9.95. The third-order valence-corrected chi connectivity index (χ3v) is 6.74. The molecule has 1 saturated heterocycles. The van der Waals surface area contributed by atoms with E-state index in [2.05, 4.69) is 5.32 Å². The van der Waals surface area contributed by atoms with Gasteiger partial charge in [0.2, 0.25) is 5.91 Å². The molecule has 0 saturated carbocycles. The first-order valence-electron chi connectivity index (χ1n) is 10.9. The number of amides is 1. The van der Waals surface area contributed by atoms with Crippen LogP contribution >= 0.6 is 11.8 Å². The van der Waals surface area contributed by atoms with E-state index in [1.807, 2.05) is 42.1 Å². The van der Waals surface area contributed by atoms with Gasteiger partial charge < -0.3 is 20.1 Å². The molecule has 0 spiro atoms. The van der Waals surface area contributed by atoms with Crippen molar-refractivity contribution in [1.82, 2.24) is 10.2 Å².